The maximum atomic E-state index is 12.7. The van der Waals surface area contributed by atoms with Crippen LogP contribution in [0.1, 0.15) is 25.8 Å². The van der Waals surface area contributed by atoms with Crippen LogP contribution < -0.4 is 5.32 Å². The molecule has 1 N–H and O–H groups in total. The third kappa shape index (κ3) is 5.91. The highest BCUT2D eigenvalue weighted by molar-refractivity contribution is 7.80. The van der Waals surface area contributed by atoms with Crippen LogP contribution in [0.5, 0.6) is 0 Å². The second-order valence-corrected chi connectivity index (χ2v) is 8.54. The molecule has 0 unspecified atom stereocenters. The summed E-state index contributed by atoms with van der Waals surface area (Å²) in [5.41, 5.74) is 1.23. The number of piperidine rings is 1. The largest absolute Gasteiger partial charge is 0.358 e. The smallest absolute Gasteiger partial charge is 0.236 e. The minimum atomic E-state index is 0.284. The fraction of sp³-hybridized carbons (Fsp3) is 0.619. The summed E-state index contributed by atoms with van der Waals surface area (Å²) in [7, 11) is 0. The number of nitrogens with one attached hydrogen (secondary N) is 1. The van der Waals surface area contributed by atoms with Crippen LogP contribution in [-0.4, -0.2) is 71.5 Å². The molecule has 0 spiro atoms. The lowest BCUT2D eigenvalue weighted by Crippen LogP contribution is -2.54. The van der Waals surface area contributed by atoms with Crippen molar-refractivity contribution in [1.29, 1.82) is 0 Å². The molecule has 148 valence electrons. The van der Waals surface area contributed by atoms with E-state index in [2.05, 4.69) is 46.0 Å². The van der Waals surface area contributed by atoms with Crippen molar-refractivity contribution in [3.8, 4) is 0 Å². The van der Waals surface area contributed by atoms with Crippen molar-refractivity contribution in [3.63, 3.8) is 0 Å². The van der Waals surface area contributed by atoms with Gasteiger partial charge >= 0.3 is 0 Å². The molecule has 2 fully saturated rings. The zero-order valence-corrected chi connectivity index (χ0v) is 17.4. The van der Waals surface area contributed by atoms with Crippen LogP contribution in [0.15, 0.2) is 30.3 Å². The van der Waals surface area contributed by atoms with Crippen molar-refractivity contribution in [2.24, 2.45) is 11.8 Å². The second kappa shape index (κ2) is 9.51. The van der Waals surface area contributed by atoms with E-state index >= 15 is 0 Å². The lowest BCUT2D eigenvalue weighted by molar-refractivity contribution is -0.135. The molecule has 3 rings (SSSR count). The van der Waals surface area contributed by atoms with Gasteiger partial charge in [-0.25, -0.2) is 0 Å². The third-order valence-corrected chi connectivity index (χ3v) is 5.93. The molecule has 0 radical (unpaired) electrons. The predicted octanol–water partition coefficient (Wildman–Crippen LogP) is 2.18. The fourth-order valence-electron chi connectivity index (χ4n) is 4.15. The molecule has 1 amide bonds. The van der Waals surface area contributed by atoms with E-state index in [4.69, 9.17) is 12.2 Å². The van der Waals surface area contributed by atoms with Crippen molar-refractivity contribution < 1.29 is 4.79 Å². The maximum Gasteiger partial charge on any atom is 0.236 e. The van der Waals surface area contributed by atoms with Crippen molar-refractivity contribution in [3.05, 3.63) is 35.9 Å². The first kappa shape index (κ1) is 20.1. The summed E-state index contributed by atoms with van der Waals surface area (Å²) in [5.74, 6) is 1.51. The molecule has 0 aromatic heterocycles. The normalized spacial score (nSPS) is 23.9. The molecule has 0 bridgehead atoms. The van der Waals surface area contributed by atoms with Gasteiger partial charge in [-0.1, -0.05) is 44.2 Å². The van der Waals surface area contributed by atoms with Crippen LogP contribution in [0, 0.1) is 11.8 Å². The topological polar surface area (TPSA) is 38.8 Å². The minimum absolute atomic E-state index is 0.284. The highest BCUT2D eigenvalue weighted by Crippen LogP contribution is 2.21. The summed E-state index contributed by atoms with van der Waals surface area (Å²) < 4.78 is 0. The number of amides is 1. The van der Waals surface area contributed by atoms with Crippen LogP contribution in [0.3, 0.4) is 0 Å². The average molecular weight is 389 g/mol. The Morgan fingerprint density at radius 3 is 2.30 bits per heavy atom. The van der Waals surface area contributed by atoms with E-state index < -0.39 is 0 Å². The number of nitrogens with zero attached hydrogens (tertiary/aromatic N) is 3. The van der Waals surface area contributed by atoms with Crippen LogP contribution in [0.2, 0.25) is 0 Å². The second-order valence-electron chi connectivity index (χ2n) is 8.15. The van der Waals surface area contributed by atoms with Gasteiger partial charge in [-0.2, -0.15) is 0 Å². The number of carbonyl (C=O) groups is 1. The molecule has 5 nitrogen and oxygen atoms in total. The first-order valence-electron chi connectivity index (χ1n) is 10.1. The summed E-state index contributed by atoms with van der Waals surface area (Å²) in [6, 6.07) is 10.3. The van der Waals surface area contributed by atoms with Crippen LogP contribution in [0.25, 0.3) is 0 Å². The summed E-state index contributed by atoms with van der Waals surface area (Å²) in [6.45, 7) is 11.1. The fourth-order valence-corrected chi connectivity index (χ4v) is 4.41. The number of benzene rings is 1. The lowest BCUT2D eigenvalue weighted by atomic mass is 9.92. The van der Waals surface area contributed by atoms with Gasteiger partial charge in [0.2, 0.25) is 5.91 Å². The molecule has 1 aromatic rings. The Hall–Kier alpha value is -1.66. The van der Waals surface area contributed by atoms with E-state index in [1.54, 1.807) is 0 Å². The Bertz CT molecular complexity index is 620. The van der Waals surface area contributed by atoms with Gasteiger partial charge in [-0.15, -0.1) is 0 Å². The Balaban J connectivity index is 1.39. The molecule has 2 aliphatic rings. The van der Waals surface area contributed by atoms with E-state index in [0.29, 0.717) is 18.4 Å². The third-order valence-electron chi connectivity index (χ3n) is 5.53. The summed E-state index contributed by atoms with van der Waals surface area (Å²) in [4.78, 5) is 19.2. The zero-order chi connectivity index (χ0) is 19.2. The number of likely N-dealkylation sites (tertiary alicyclic amines) is 1. The molecule has 0 aliphatic carbocycles. The van der Waals surface area contributed by atoms with E-state index in [1.165, 1.54) is 12.0 Å². The molecule has 2 saturated heterocycles. The van der Waals surface area contributed by atoms with E-state index in [-0.39, 0.29) is 5.91 Å². The summed E-state index contributed by atoms with van der Waals surface area (Å²) >= 11 is 5.55. The van der Waals surface area contributed by atoms with E-state index in [9.17, 15) is 4.79 Å². The highest BCUT2D eigenvalue weighted by Gasteiger charge is 2.27. The van der Waals surface area contributed by atoms with Crippen molar-refractivity contribution in [1.82, 2.24) is 20.0 Å². The molecular weight excluding hydrogens is 356 g/mol. The zero-order valence-electron chi connectivity index (χ0n) is 16.6. The Labute approximate surface area is 168 Å². The summed E-state index contributed by atoms with van der Waals surface area (Å²) in [5, 5.41) is 4.16. The molecule has 2 aliphatic heterocycles. The van der Waals surface area contributed by atoms with E-state index in [1.807, 2.05) is 18.2 Å². The maximum absolute atomic E-state index is 12.7. The van der Waals surface area contributed by atoms with Gasteiger partial charge in [-0.05, 0) is 36.0 Å². The van der Waals surface area contributed by atoms with Gasteiger partial charge in [0.1, 0.15) is 0 Å². The summed E-state index contributed by atoms with van der Waals surface area (Å²) in [6.07, 6.45) is 1.23. The van der Waals surface area contributed by atoms with Gasteiger partial charge in [0.25, 0.3) is 0 Å². The van der Waals surface area contributed by atoms with E-state index in [0.717, 1.165) is 50.9 Å². The molecule has 2 atom stereocenters. The number of rotatable bonds is 4. The molecular formula is C21H32N4OS. The minimum Gasteiger partial charge on any atom is -0.358 e. The standard InChI is InChI=1S/C21H32N4OS/c1-17-12-18(2)15-25(14-17)20(26)16-23-8-10-24(11-9-23)21(27)22-13-19-6-4-3-5-7-19/h3-7,17-18H,8-16H2,1-2H3,(H,22,27)/t17-,18-/m1/s1. The Morgan fingerprint density at radius 1 is 1.04 bits per heavy atom. The molecule has 2 heterocycles. The van der Waals surface area contributed by atoms with Crippen molar-refractivity contribution >= 4 is 23.2 Å². The quantitative estimate of drug-likeness (QED) is 0.801. The number of thiocarbonyl (C=S) groups is 1. The molecule has 1 aromatic carbocycles. The van der Waals surface area contributed by atoms with Crippen LogP contribution in [0.4, 0.5) is 0 Å². The van der Waals surface area contributed by atoms with Gasteiger partial charge < -0.3 is 15.1 Å². The Morgan fingerprint density at radius 2 is 1.67 bits per heavy atom. The van der Waals surface area contributed by atoms with Gasteiger partial charge in [0.15, 0.2) is 5.11 Å². The van der Waals surface area contributed by atoms with Gasteiger partial charge in [0.05, 0.1) is 6.54 Å². The number of hydrogen-bond donors (Lipinski definition) is 1. The highest BCUT2D eigenvalue weighted by atomic mass is 32.1. The lowest BCUT2D eigenvalue weighted by Gasteiger charge is -2.39. The van der Waals surface area contributed by atoms with Crippen LogP contribution in [-0.2, 0) is 11.3 Å². The predicted molar refractivity (Wildman–Crippen MR) is 113 cm³/mol. The SMILES string of the molecule is C[C@@H]1C[C@@H](C)CN(C(=O)CN2CCN(C(=S)NCc3ccccc3)CC2)C1. The first-order chi connectivity index (χ1) is 13.0. The molecule has 0 saturated carbocycles. The first-order valence-corrected chi connectivity index (χ1v) is 10.5. The number of hydrogen-bond acceptors (Lipinski definition) is 3. The number of carbonyl (C=O) groups excluding carboxylic acids is 1. The van der Waals surface area contributed by atoms with Crippen molar-refractivity contribution in [2.45, 2.75) is 26.8 Å². The molecule has 27 heavy (non-hydrogen) atoms. The molecule has 6 heteroatoms. The van der Waals surface area contributed by atoms with Crippen molar-refractivity contribution in [2.75, 3.05) is 45.8 Å². The number of piperazine rings is 1. The van der Waals surface area contributed by atoms with Gasteiger partial charge in [-0.3, -0.25) is 9.69 Å². The van der Waals surface area contributed by atoms with Crippen LogP contribution >= 0.6 is 12.2 Å². The Kier molecular flexibility index (Phi) is 7.07. The average Bonchev–Trinajstić information content (AvgIpc) is 2.66. The van der Waals surface area contributed by atoms with Gasteiger partial charge in [0, 0.05) is 45.8 Å². The monoisotopic (exact) mass is 388 g/mol.